The van der Waals surface area contributed by atoms with E-state index in [4.69, 9.17) is 4.74 Å². The van der Waals surface area contributed by atoms with Crippen LogP contribution in [-0.2, 0) is 4.74 Å². The van der Waals surface area contributed by atoms with Crippen molar-refractivity contribution in [3.8, 4) is 0 Å². The van der Waals surface area contributed by atoms with Gasteiger partial charge in [0.25, 0.3) is 0 Å². The van der Waals surface area contributed by atoms with Crippen LogP contribution < -0.4 is 5.32 Å². The average molecular weight is 113 g/mol. The van der Waals surface area contributed by atoms with Crippen LogP contribution in [0, 0.1) is 5.92 Å². The SMILES string of the molecule is CO[C@H]1NC2CC[C@@H]21. The Morgan fingerprint density at radius 1 is 1.50 bits per heavy atom. The van der Waals surface area contributed by atoms with Crippen molar-refractivity contribution in [2.75, 3.05) is 7.11 Å². The number of hydrogen-bond donors (Lipinski definition) is 1. The molecule has 2 fully saturated rings. The van der Waals surface area contributed by atoms with Crippen LogP contribution >= 0.6 is 0 Å². The van der Waals surface area contributed by atoms with E-state index >= 15 is 0 Å². The van der Waals surface area contributed by atoms with Gasteiger partial charge in [-0.2, -0.15) is 0 Å². The highest BCUT2D eigenvalue weighted by molar-refractivity contribution is 5.00. The monoisotopic (exact) mass is 113 g/mol. The van der Waals surface area contributed by atoms with Gasteiger partial charge < -0.3 is 4.74 Å². The first-order valence-electron chi connectivity index (χ1n) is 3.20. The zero-order chi connectivity index (χ0) is 5.56. The van der Waals surface area contributed by atoms with Gasteiger partial charge in [-0.05, 0) is 12.8 Å². The third kappa shape index (κ3) is 0.400. The molecule has 2 heteroatoms. The quantitative estimate of drug-likeness (QED) is 0.529. The molecule has 1 aliphatic heterocycles. The molecule has 0 aromatic heterocycles. The second-order valence-corrected chi connectivity index (χ2v) is 2.67. The standard InChI is InChI=1S/C6H11NO/c1-8-6-4-2-3-5(4)7-6/h4-7H,2-3H2,1H3/t4-,5?,6+/m0/s1. The lowest BCUT2D eigenvalue weighted by atomic mass is 9.72. The Balaban J connectivity index is 1.89. The molecule has 0 radical (unpaired) electrons. The van der Waals surface area contributed by atoms with Crippen LogP contribution in [0.5, 0.6) is 0 Å². The molecule has 1 unspecified atom stereocenters. The van der Waals surface area contributed by atoms with Gasteiger partial charge in [-0.1, -0.05) is 0 Å². The molecular formula is C6H11NO. The fourth-order valence-electron chi connectivity index (χ4n) is 1.55. The predicted octanol–water partition coefficient (Wildman–Crippen LogP) is 0.341. The van der Waals surface area contributed by atoms with E-state index in [2.05, 4.69) is 5.32 Å². The average Bonchev–Trinajstić information content (AvgIpc) is 1.76. The van der Waals surface area contributed by atoms with E-state index in [1.165, 1.54) is 12.8 Å². The number of fused-ring (bicyclic) bond motifs is 1. The third-order valence-corrected chi connectivity index (χ3v) is 2.35. The van der Waals surface area contributed by atoms with Crippen molar-refractivity contribution in [2.45, 2.75) is 25.1 Å². The molecule has 1 aliphatic carbocycles. The number of methoxy groups -OCH3 is 1. The highest BCUT2D eigenvalue weighted by Crippen LogP contribution is 2.38. The smallest absolute Gasteiger partial charge is 0.112 e. The largest absolute Gasteiger partial charge is 0.366 e. The molecule has 1 N–H and O–H groups in total. The molecule has 2 nitrogen and oxygen atoms in total. The van der Waals surface area contributed by atoms with Crippen molar-refractivity contribution >= 4 is 0 Å². The number of piperidine rings is 1. The minimum atomic E-state index is 0.397. The summed E-state index contributed by atoms with van der Waals surface area (Å²) in [7, 11) is 1.77. The van der Waals surface area contributed by atoms with Crippen LogP contribution in [0.3, 0.4) is 0 Å². The second kappa shape index (κ2) is 1.45. The van der Waals surface area contributed by atoms with E-state index in [1.807, 2.05) is 0 Å². The molecule has 1 heterocycles. The molecule has 1 saturated heterocycles. The third-order valence-electron chi connectivity index (χ3n) is 2.35. The molecule has 2 rings (SSSR count). The molecule has 2 aliphatic rings. The first-order valence-corrected chi connectivity index (χ1v) is 3.20. The van der Waals surface area contributed by atoms with E-state index in [1.54, 1.807) is 7.11 Å². The van der Waals surface area contributed by atoms with E-state index < -0.39 is 0 Å². The van der Waals surface area contributed by atoms with Gasteiger partial charge in [0, 0.05) is 19.1 Å². The van der Waals surface area contributed by atoms with Gasteiger partial charge in [-0.25, -0.2) is 0 Å². The van der Waals surface area contributed by atoms with Crippen molar-refractivity contribution in [3.05, 3.63) is 0 Å². The summed E-state index contributed by atoms with van der Waals surface area (Å²) in [6, 6.07) is 0.819. The van der Waals surface area contributed by atoms with Crippen LogP contribution in [0.4, 0.5) is 0 Å². The molecule has 0 amide bonds. The van der Waals surface area contributed by atoms with Gasteiger partial charge in [0.05, 0.1) is 0 Å². The molecule has 3 atom stereocenters. The van der Waals surface area contributed by atoms with E-state index in [-0.39, 0.29) is 0 Å². The summed E-state index contributed by atoms with van der Waals surface area (Å²) in [4.78, 5) is 0. The Kier molecular flexibility index (Phi) is 0.866. The maximum absolute atomic E-state index is 5.11. The first kappa shape index (κ1) is 4.77. The van der Waals surface area contributed by atoms with Crippen molar-refractivity contribution in [2.24, 2.45) is 5.92 Å². The van der Waals surface area contributed by atoms with Crippen molar-refractivity contribution < 1.29 is 4.74 Å². The number of hydrogen-bond acceptors (Lipinski definition) is 2. The molecule has 0 spiro atoms. The van der Waals surface area contributed by atoms with Crippen LogP contribution in [0.2, 0.25) is 0 Å². The van der Waals surface area contributed by atoms with Crippen LogP contribution in [0.25, 0.3) is 0 Å². The van der Waals surface area contributed by atoms with E-state index in [9.17, 15) is 0 Å². The summed E-state index contributed by atoms with van der Waals surface area (Å²) >= 11 is 0. The summed E-state index contributed by atoms with van der Waals surface area (Å²) in [5.74, 6) is 0.861. The topological polar surface area (TPSA) is 21.3 Å². The predicted molar refractivity (Wildman–Crippen MR) is 30.4 cm³/mol. The highest BCUT2D eigenvalue weighted by atomic mass is 16.5. The molecule has 46 valence electrons. The molecule has 1 saturated carbocycles. The Morgan fingerprint density at radius 3 is 2.50 bits per heavy atom. The molecule has 0 aromatic carbocycles. The summed E-state index contributed by atoms with van der Waals surface area (Å²) < 4.78 is 5.11. The second-order valence-electron chi connectivity index (χ2n) is 2.67. The summed E-state index contributed by atoms with van der Waals surface area (Å²) in [5, 5.41) is 3.31. The lowest BCUT2D eigenvalue weighted by Gasteiger charge is -2.52. The summed E-state index contributed by atoms with van der Waals surface area (Å²) in [5.41, 5.74) is 0. The lowest BCUT2D eigenvalue weighted by Crippen LogP contribution is -2.67. The van der Waals surface area contributed by atoms with Crippen LogP contribution in [0.1, 0.15) is 12.8 Å². The zero-order valence-electron chi connectivity index (χ0n) is 5.05. The van der Waals surface area contributed by atoms with Crippen molar-refractivity contribution in [1.82, 2.24) is 5.32 Å². The Morgan fingerprint density at radius 2 is 2.38 bits per heavy atom. The fourth-order valence-corrected chi connectivity index (χ4v) is 1.55. The molecule has 0 aromatic rings. The molecule has 0 bridgehead atoms. The van der Waals surface area contributed by atoms with Gasteiger partial charge in [0.2, 0.25) is 0 Å². The number of ether oxygens (including phenoxy) is 1. The lowest BCUT2D eigenvalue weighted by molar-refractivity contribution is -0.113. The van der Waals surface area contributed by atoms with Gasteiger partial charge in [-0.3, -0.25) is 5.32 Å². The zero-order valence-corrected chi connectivity index (χ0v) is 5.05. The van der Waals surface area contributed by atoms with Gasteiger partial charge in [0.15, 0.2) is 0 Å². The minimum absolute atomic E-state index is 0.397. The van der Waals surface area contributed by atoms with Crippen LogP contribution in [0.15, 0.2) is 0 Å². The van der Waals surface area contributed by atoms with Crippen molar-refractivity contribution in [3.63, 3.8) is 0 Å². The van der Waals surface area contributed by atoms with E-state index in [0.717, 1.165) is 12.0 Å². The number of nitrogens with one attached hydrogen (secondary N) is 1. The molecular weight excluding hydrogens is 102 g/mol. The van der Waals surface area contributed by atoms with Gasteiger partial charge >= 0.3 is 0 Å². The Labute approximate surface area is 49.2 Å². The maximum Gasteiger partial charge on any atom is 0.112 e. The fraction of sp³-hybridized carbons (Fsp3) is 1.00. The minimum Gasteiger partial charge on any atom is -0.366 e. The molecule has 8 heavy (non-hydrogen) atoms. The van der Waals surface area contributed by atoms with Gasteiger partial charge in [-0.15, -0.1) is 0 Å². The Hall–Kier alpha value is -0.0800. The van der Waals surface area contributed by atoms with Gasteiger partial charge in [0.1, 0.15) is 6.23 Å². The van der Waals surface area contributed by atoms with Crippen molar-refractivity contribution in [1.29, 1.82) is 0 Å². The van der Waals surface area contributed by atoms with Crippen LogP contribution in [-0.4, -0.2) is 19.4 Å². The highest BCUT2D eigenvalue weighted by Gasteiger charge is 2.46. The normalized spacial score (nSPS) is 51.4. The maximum atomic E-state index is 5.11. The Bertz CT molecular complexity index is 103. The number of rotatable bonds is 1. The summed E-state index contributed by atoms with van der Waals surface area (Å²) in [6.45, 7) is 0. The summed E-state index contributed by atoms with van der Waals surface area (Å²) in [6.07, 6.45) is 3.13. The van der Waals surface area contributed by atoms with E-state index in [0.29, 0.717) is 6.23 Å². The first-order chi connectivity index (χ1) is 3.92.